The standard InChI is InChI=1S/C15H15NO4S/c1-10(17)11-5-7-12(8-6-11)14-4-2-3-13-9-16-21(18,19)20-15(13)14/h2-8,16,18-19H,9H2,1H3. The van der Waals surface area contributed by atoms with Gasteiger partial charge in [0.1, 0.15) is 0 Å². The van der Waals surface area contributed by atoms with Gasteiger partial charge >= 0.3 is 0 Å². The molecule has 0 aromatic heterocycles. The lowest BCUT2D eigenvalue weighted by Crippen LogP contribution is -2.28. The summed E-state index contributed by atoms with van der Waals surface area (Å²) in [5.74, 6) is 0.470. The lowest BCUT2D eigenvalue weighted by molar-refractivity contribution is 0.101. The van der Waals surface area contributed by atoms with Gasteiger partial charge in [-0.25, -0.2) is 4.72 Å². The maximum absolute atomic E-state index is 11.3. The van der Waals surface area contributed by atoms with Crippen molar-refractivity contribution in [1.29, 1.82) is 0 Å². The molecule has 0 radical (unpaired) electrons. The van der Waals surface area contributed by atoms with E-state index in [0.717, 1.165) is 16.7 Å². The average Bonchev–Trinajstić information content (AvgIpc) is 2.46. The first-order valence-electron chi connectivity index (χ1n) is 6.42. The van der Waals surface area contributed by atoms with Crippen molar-refractivity contribution in [3.63, 3.8) is 0 Å². The molecule has 0 unspecified atom stereocenters. The molecule has 5 nitrogen and oxygen atoms in total. The van der Waals surface area contributed by atoms with Crippen molar-refractivity contribution in [2.45, 2.75) is 13.5 Å². The Labute approximate surface area is 124 Å². The van der Waals surface area contributed by atoms with Crippen molar-refractivity contribution in [3.8, 4) is 16.9 Å². The molecule has 0 aliphatic carbocycles. The lowest BCUT2D eigenvalue weighted by atomic mass is 9.99. The molecule has 0 amide bonds. The fourth-order valence-corrected chi connectivity index (χ4v) is 3.08. The molecule has 110 valence electrons. The molecule has 21 heavy (non-hydrogen) atoms. The van der Waals surface area contributed by atoms with Crippen LogP contribution in [-0.2, 0) is 6.54 Å². The van der Waals surface area contributed by atoms with Crippen LogP contribution in [0.5, 0.6) is 5.75 Å². The molecule has 0 saturated heterocycles. The zero-order valence-corrected chi connectivity index (χ0v) is 12.2. The Balaban J connectivity index is 2.05. The van der Waals surface area contributed by atoms with Crippen LogP contribution in [-0.4, -0.2) is 14.9 Å². The normalized spacial score (nSPS) is 17.5. The second-order valence-electron chi connectivity index (χ2n) is 4.83. The molecular formula is C15H15NO4S. The predicted octanol–water partition coefficient (Wildman–Crippen LogP) is 3.62. The van der Waals surface area contributed by atoms with Crippen LogP contribution in [0.2, 0.25) is 0 Å². The van der Waals surface area contributed by atoms with E-state index in [2.05, 4.69) is 4.72 Å². The van der Waals surface area contributed by atoms with Gasteiger partial charge in [0.05, 0.1) is 0 Å². The van der Waals surface area contributed by atoms with Gasteiger partial charge in [-0.3, -0.25) is 13.9 Å². The zero-order chi connectivity index (χ0) is 15.0. The summed E-state index contributed by atoms with van der Waals surface area (Å²) in [5.41, 5.74) is 3.11. The van der Waals surface area contributed by atoms with E-state index in [4.69, 9.17) is 4.18 Å². The number of Topliss-reactive ketones (excluding diaryl/α,β-unsaturated/α-hetero) is 1. The Bertz CT molecular complexity index is 697. The summed E-state index contributed by atoms with van der Waals surface area (Å²) in [6.07, 6.45) is 0. The first-order chi connectivity index (χ1) is 9.96. The third kappa shape index (κ3) is 2.79. The van der Waals surface area contributed by atoms with Crippen molar-refractivity contribution >= 4 is 16.8 Å². The van der Waals surface area contributed by atoms with Gasteiger partial charge in [0, 0.05) is 23.2 Å². The topological polar surface area (TPSA) is 78.8 Å². The van der Waals surface area contributed by atoms with Crippen molar-refractivity contribution < 1.29 is 18.1 Å². The molecule has 2 aromatic rings. The summed E-state index contributed by atoms with van der Waals surface area (Å²) >= 11 is -3.25. The summed E-state index contributed by atoms with van der Waals surface area (Å²) in [5, 5.41) is 0. The Kier molecular flexibility index (Phi) is 3.46. The molecular weight excluding hydrogens is 290 g/mol. The second kappa shape index (κ2) is 5.16. The molecule has 1 aliphatic heterocycles. The Morgan fingerprint density at radius 3 is 2.57 bits per heavy atom. The molecule has 0 atom stereocenters. The Morgan fingerprint density at radius 1 is 1.19 bits per heavy atom. The summed E-state index contributed by atoms with van der Waals surface area (Å²) in [4.78, 5) is 11.3. The molecule has 1 heterocycles. The van der Waals surface area contributed by atoms with Crippen molar-refractivity contribution in [1.82, 2.24) is 4.72 Å². The van der Waals surface area contributed by atoms with Gasteiger partial charge in [0.2, 0.25) is 11.1 Å². The maximum atomic E-state index is 11.3. The third-order valence-corrected chi connectivity index (χ3v) is 4.27. The smallest absolute Gasteiger partial charge is 0.203 e. The minimum atomic E-state index is -3.25. The minimum Gasteiger partial charge on any atom is -0.391 e. The van der Waals surface area contributed by atoms with Crippen molar-refractivity contribution in [3.05, 3.63) is 53.6 Å². The van der Waals surface area contributed by atoms with Gasteiger partial charge < -0.3 is 4.18 Å². The molecule has 0 fully saturated rings. The van der Waals surface area contributed by atoms with Gasteiger partial charge in [-0.05, 0) is 12.5 Å². The van der Waals surface area contributed by atoms with Crippen LogP contribution >= 0.6 is 11.1 Å². The van der Waals surface area contributed by atoms with Gasteiger partial charge in [-0.2, -0.15) is 0 Å². The number of rotatable bonds is 2. The van der Waals surface area contributed by atoms with Crippen molar-refractivity contribution in [2.75, 3.05) is 0 Å². The highest BCUT2D eigenvalue weighted by Gasteiger charge is 2.28. The number of hydrogen-bond donors (Lipinski definition) is 3. The molecule has 6 heteroatoms. The number of carbonyl (C=O) groups is 1. The van der Waals surface area contributed by atoms with Crippen LogP contribution < -0.4 is 8.91 Å². The van der Waals surface area contributed by atoms with Crippen molar-refractivity contribution in [2.24, 2.45) is 0 Å². The van der Waals surface area contributed by atoms with Gasteiger partial charge in [-0.1, -0.05) is 42.5 Å². The molecule has 3 N–H and O–H groups in total. The monoisotopic (exact) mass is 305 g/mol. The lowest BCUT2D eigenvalue weighted by Gasteiger charge is -2.33. The number of benzene rings is 2. The number of fused-ring (bicyclic) bond motifs is 1. The molecule has 1 aliphatic rings. The average molecular weight is 305 g/mol. The van der Waals surface area contributed by atoms with Crippen LogP contribution in [0.1, 0.15) is 22.8 Å². The predicted molar refractivity (Wildman–Crippen MR) is 82.2 cm³/mol. The van der Waals surface area contributed by atoms with E-state index in [1.54, 1.807) is 12.1 Å². The van der Waals surface area contributed by atoms with Gasteiger partial charge in [0.15, 0.2) is 11.5 Å². The molecule has 0 bridgehead atoms. The summed E-state index contributed by atoms with van der Waals surface area (Å²) in [7, 11) is 0. The van der Waals surface area contributed by atoms with Crippen LogP contribution in [0.4, 0.5) is 0 Å². The summed E-state index contributed by atoms with van der Waals surface area (Å²) in [6.45, 7) is 1.85. The first-order valence-corrected chi connectivity index (χ1v) is 7.89. The van der Waals surface area contributed by atoms with Crippen LogP contribution in [0, 0.1) is 0 Å². The number of para-hydroxylation sites is 1. The second-order valence-corrected chi connectivity index (χ2v) is 6.28. The highest BCUT2D eigenvalue weighted by molar-refractivity contribution is 8.18. The number of ketones is 1. The van der Waals surface area contributed by atoms with Crippen LogP contribution in [0.15, 0.2) is 42.5 Å². The minimum absolute atomic E-state index is 0.00580. The first kappa shape index (κ1) is 14.1. The molecule has 0 saturated carbocycles. The zero-order valence-electron chi connectivity index (χ0n) is 11.4. The highest BCUT2D eigenvalue weighted by atomic mass is 32.3. The third-order valence-electron chi connectivity index (χ3n) is 3.35. The Hall–Kier alpha value is -1.86. The van der Waals surface area contributed by atoms with Gasteiger partial charge in [-0.15, -0.1) is 0 Å². The van der Waals surface area contributed by atoms with E-state index >= 15 is 0 Å². The maximum Gasteiger partial charge on any atom is 0.203 e. The summed E-state index contributed by atoms with van der Waals surface area (Å²) in [6, 6.07) is 12.7. The van der Waals surface area contributed by atoms with Crippen LogP contribution in [0.3, 0.4) is 0 Å². The quantitative estimate of drug-likeness (QED) is 0.739. The fraction of sp³-hybridized carbons (Fsp3) is 0.133. The Morgan fingerprint density at radius 2 is 1.90 bits per heavy atom. The van der Waals surface area contributed by atoms with E-state index in [9.17, 15) is 13.9 Å². The molecule has 0 spiro atoms. The molecule has 3 rings (SSSR count). The van der Waals surface area contributed by atoms with E-state index in [0.29, 0.717) is 17.9 Å². The highest BCUT2D eigenvalue weighted by Crippen LogP contribution is 2.47. The van der Waals surface area contributed by atoms with E-state index in [1.807, 2.05) is 30.3 Å². The largest absolute Gasteiger partial charge is 0.391 e. The summed E-state index contributed by atoms with van der Waals surface area (Å²) < 4.78 is 27.2. The van der Waals surface area contributed by atoms with Gasteiger partial charge in [0.25, 0.3) is 0 Å². The van der Waals surface area contributed by atoms with E-state index in [-0.39, 0.29) is 5.78 Å². The molecule has 2 aromatic carbocycles. The number of nitrogens with one attached hydrogen (secondary N) is 1. The van der Waals surface area contributed by atoms with Crippen LogP contribution in [0.25, 0.3) is 11.1 Å². The van der Waals surface area contributed by atoms with E-state index in [1.165, 1.54) is 6.92 Å². The SMILES string of the molecule is CC(=O)c1ccc(-c2cccc3c2OS(O)(O)NC3)cc1. The number of hydrogen-bond acceptors (Lipinski definition) is 5. The fourth-order valence-electron chi connectivity index (χ4n) is 2.25. The van der Waals surface area contributed by atoms with E-state index < -0.39 is 11.1 Å². The number of carbonyl (C=O) groups excluding carboxylic acids is 1.